The van der Waals surface area contributed by atoms with Gasteiger partial charge in [0.2, 0.25) is 0 Å². The third-order valence-electron chi connectivity index (χ3n) is 5.33. The highest BCUT2D eigenvalue weighted by Crippen LogP contribution is 2.31. The SMILES string of the molecule is Cc1cc(C)n(-c2ccc(C(=O)N3CCCCC3c3ccnn3C)cc2)n1. The molecule has 1 unspecified atom stereocenters. The van der Waals surface area contributed by atoms with Crippen LogP contribution < -0.4 is 0 Å². The minimum atomic E-state index is 0.0841. The highest BCUT2D eigenvalue weighted by atomic mass is 16.2. The second-order valence-corrected chi connectivity index (χ2v) is 7.28. The Morgan fingerprint density at radius 2 is 1.89 bits per heavy atom. The Balaban J connectivity index is 1.59. The number of carbonyl (C=O) groups is 1. The molecule has 4 rings (SSSR count). The number of hydrogen-bond acceptors (Lipinski definition) is 3. The standard InChI is InChI=1S/C21H25N5O/c1-15-14-16(2)26(23-15)18-9-7-17(8-10-18)21(27)25-13-5-4-6-20(25)19-11-12-22-24(19)3/h7-12,14,20H,4-6,13H2,1-3H3. The Hall–Kier alpha value is -2.89. The van der Waals surface area contributed by atoms with Gasteiger partial charge in [-0.1, -0.05) is 0 Å². The predicted octanol–water partition coefficient (Wildman–Crippen LogP) is 3.59. The van der Waals surface area contributed by atoms with Gasteiger partial charge in [-0.3, -0.25) is 9.48 Å². The molecule has 0 bridgehead atoms. The predicted molar refractivity (Wildman–Crippen MR) is 104 cm³/mol. The van der Waals surface area contributed by atoms with Gasteiger partial charge >= 0.3 is 0 Å². The maximum Gasteiger partial charge on any atom is 0.254 e. The van der Waals surface area contributed by atoms with Gasteiger partial charge in [0.05, 0.1) is 23.1 Å². The smallest absolute Gasteiger partial charge is 0.254 e. The van der Waals surface area contributed by atoms with Crippen molar-refractivity contribution in [2.75, 3.05) is 6.54 Å². The van der Waals surface area contributed by atoms with Crippen molar-refractivity contribution >= 4 is 5.91 Å². The van der Waals surface area contributed by atoms with Crippen LogP contribution in [-0.2, 0) is 7.05 Å². The van der Waals surface area contributed by atoms with Crippen molar-refractivity contribution in [2.24, 2.45) is 7.05 Å². The van der Waals surface area contributed by atoms with E-state index in [0.717, 1.165) is 48.6 Å². The van der Waals surface area contributed by atoms with E-state index in [2.05, 4.69) is 10.2 Å². The molecule has 1 aromatic carbocycles. The summed E-state index contributed by atoms with van der Waals surface area (Å²) < 4.78 is 3.78. The van der Waals surface area contributed by atoms with Crippen LogP contribution in [-0.4, -0.2) is 36.9 Å². The summed E-state index contributed by atoms with van der Waals surface area (Å²) in [5, 5.41) is 8.79. The van der Waals surface area contributed by atoms with Crippen LogP contribution in [0.15, 0.2) is 42.6 Å². The summed E-state index contributed by atoms with van der Waals surface area (Å²) in [6.45, 7) is 4.80. The summed E-state index contributed by atoms with van der Waals surface area (Å²) >= 11 is 0. The number of aryl methyl sites for hydroxylation is 3. The average molecular weight is 363 g/mol. The van der Waals surface area contributed by atoms with E-state index in [1.807, 2.05) is 71.6 Å². The first-order valence-corrected chi connectivity index (χ1v) is 9.47. The second kappa shape index (κ2) is 7.02. The lowest BCUT2D eigenvalue weighted by molar-refractivity contribution is 0.0601. The summed E-state index contributed by atoms with van der Waals surface area (Å²) in [4.78, 5) is 15.2. The highest BCUT2D eigenvalue weighted by Gasteiger charge is 2.30. The first-order valence-electron chi connectivity index (χ1n) is 9.47. The first kappa shape index (κ1) is 17.5. The molecule has 3 aromatic rings. The lowest BCUT2D eigenvalue weighted by Gasteiger charge is -2.35. The largest absolute Gasteiger partial charge is 0.330 e. The summed E-state index contributed by atoms with van der Waals surface area (Å²) in [5.41, 5.74) is 4.86. The Morgan fingerprint density at radius 3 is 2.52 bits per heavy atom. The maximum atomic E-state index is 13.2. The van der Waals surface area contributed by atoms with Gasteiger partial charge in [-0.2, -0.15) is 10.2 Å². The number of likely N-dealkylation sites (tertiary alicyclic amines) is 1. The number of nitrogens with zero attached hydrogens (tertiary/aromatic N) is 5. The molecule has 0 saturated carbocycles. The molecule has 1 saturated heterocycles. The van der Waals surface area contributed by atoms with Crippen LogP contribution in [0.25, 0.3) is 5.69 Å². The molecule has 1 aliphatic rings. The van der Waals surface area contributed by atoms with Crippen molar-refractivity contribution in [1.82, 2.24) is 24.5 Å². The van der Waals surface area contributed by atoms with Crippen LogP contribution in [0.1, 0.15) is 52.7 Å². The molecular weight excluding hydrogens is 338 g/mol. The molecule has 1 amide bonds. The van der Waals surface area contributed by atoms with Crippen molar-refractivity contribution in [3.63, 3.8) is 0 Å². The number of piperidine rings is 1. The van der Waals surface area contributed by atoms with Gasteiger partial charge < -0.3 is 4.90 Å². The molecular formula is C21H25N5O. The van der Waals surface area contributed by atoms with Gasteiger partial charge in [0.1, 0.15) is 0 Å². The monoisotopic (exact) mass is 363 g/mol. The molecule has 3 heterocycles. The summed E-state index contributed by atoms with van der Waals surface area (Å²) in [6.07, 6.45) is 4.96. The second-order valence-electron chi connectivity index (χ2n) is 7.28. The highest BCUT2D eigenvalue weighted by molar-refractivity contribution is 5.94. The van der Waals surface area contributed by atoms with Gasteiger partial charge in [0, 0.05) is 31.0 Å². The number of hydrogen-bond donors (Lipinski definition) is 0. The van der Waals surface area contributed by atoms with E-state index in [-0.39, 0.29) is 11.9 Å². The van der Waals surface area contributed by atoms with Crippen molar-refractivity contribution < 1.29 is 4.79 Å². The van der Waals surface area contributed by atoms with E-state index >= 15 is 0 Å². The first-order chi connectivity index (χ1) is 13.0. The van der Waals surface area contributed by atoms with Crippen molar-refractivity contribution in [1.29, 1.82) is 0 Å². The number of amides is 1. The molecule has 0 spiro atoms. The maximum absolute atomic E-state index is 13.2. The molecule has 0 radical (unpaired) electrons. The van der Waals surface area contributed by atoms with E-state index in [4.69, 9.17) is 0 Å². The molecule has 1 aliphatic heterocycles. The van der Waals surface area contributed by atoms with Crippen molar-refractivity contribution in [3.05, 3.63) is 65.2 Å². The molecule has 6 nitrogen and oxygen atoms in total. The fourth-order valence-corrected chi connectivity index (χ4v) is 3.99. The third kappa shape index (κ3) is 3.27. The van der Waals surface area contributed by atoms with E-state index in [9.17, 15) is 4.79 Å². The summed E-state index contributed by atoms with van der Waals surface area (Å²) in [6, 6.07) is 11.9. The zero-order valence-electron chi connectivity index (χ0n) is 16.1. The summed E-state index contributed by atoms with van der Waals surface area (Å²) in [7, 11) is 1.94. The molecule has 6 heteroatoms. The van der Waals surface area contributed by atoms with Crippen LogP contribution in [0.5, 0.6) is 0 Å². The number of carbonyl (C=O) groups excluding carboxylic acids is 1. The van der Waals surface area contributed by atoms with Crippen LogP contribution in [0.2, 0.25) is 0 Å². The number of benzene rings is 1. The number of aromatic nitrogens is 4. The Morgan fingerprint density at radius 1 is 1.11 bits per heavy atom. The fraction of sp³-hybridized carbons (Fsp3) is 0.381. The van der Waals surface area contributed by atoms with Crippen molar-refractivity contribution in [3.8, 4) is 5.69 Å². The average Bonchev–Trinajstić information content (AvgIpc) is 3.26. The lowest BCUT2D eigenvalue weighted by atomic mass is 9.98. The van der Waals surface area contributed by atoms with Crippen LogP contribution in [0.3, 0.4) is 0 Å². The van der Waals surface area contributed by atoms with E-state index in [1.165, 1.54) is 0 Å². The Kier molecular flexibility index (Phi) is 4.56. The quantitative estimate of drug-likeness (QED) is 0.714. The molecule has 140 valence electrons. The third-order valence-corrected chi connectivity index (χ3v) is 5.33. The van der Waals surface area contributed by atoms with Crippen LogP contribution in [0, 0.1) is 13.8 Å². The van der Waals surface area contributed by atoms with Gasteiger partial charge in [-0.15, -0.1) is 0 Å². The van der Waals surface area contributed by atoms with Crippen LogP contribution >= 0.6 is 0 Å². The fourth-order valence-electron chi connectivity index (χ4n) is 3.99. The van der Waals surface area contributed by atoms with E-state index < -0.39 is 0 Å². The summed E-state index contributed by atoms with van der Waals surface area (Å²) in [5.74, 6) is 0.0841. The molecule has 1 fully saturated rings. The number of rotatable bonds is 3. The van der Waals surface area contributed by atoms with Crippen LogP contribution in [0.4, 0.5) is 0 Å². The molecule has 0 aliphatic carbocycles. The molecule has 0 N–H and O–H groups in total. The van der Waals surface area contributed by atoms with Gasteiger partial charge in [0.25, 0.3) is 5.91 Å². The topological polar surface area (TPSA) is 56.0 Å². The van der Waals surface area contributed by atoms with E-state index in [1.54, 1.807) is 6.20 Å². The molecule has 2 aromatic heterocycles. The Labute approximate surface area is 159 Å². The Bertz CT molecular complexity index is 953. The normalized spacial score (nSPS) is 17.3. The zero-order valence-corrected chi connectivity index (χ0v) is 16.1. The minimum absolute atomic E-state index is 0.0841. The van der Waals surface area contributed by atoms with Gasteiger partial charge in [-0.05, 0) is 69.5 Å². The van der Waals surface area contributed by atoms with Gasteiger partial charge in [0.15, 0.2) is 0 Å². The molecule has 1 atom stereocenters. The zero-order chi connectivity index (χ0) is 19.0. The minimum Gasteiger partial charge on any atom is -0.330 e. The molecule has 27 heavy (non-hydrogen) atoms. The van der Waals surface area contributed by atoms with Gasteiger partial charge in [-0.25, -0.2) is 4.68 Å². The lowest BCUT2D eigenvalue weighted by Crippen LogP contribution is -2.39. The van der Waals surface area contributed by atoms with E-state index in [0.29, 0.717) is 5.56 Å². The van der Waals surface area contributed by atoms with Crippen molar-refractivity contribution in [2.45, 2.75) is 39.2 Å².